The van der Waals surface area contributed by atoms with Crippen LogP contribution in [0.5, 0.6) is 0 Å². The first-order chi connectivity index (χ1) is 7.15. The van der Waals surface area contributed by atoms with Crippen molar-refractivity contribution in [2.24, 2.45) is 0 Å². The van der Waals surface area contributed by atoms with Gasteiger partial charge in [0.15, 0.2) is 10.5 Å². The van der Waals surface area contributed by atoms with Crippen molar-refractivity contribution in [1.29, 1.82) is 0 Å². The highest BCUT2D eigenvalue weighted by atomic mass is 79.9. The van der Waals surface area contributed by atoms with E-state index in [9.17, 15) is 4.79 Å². The molecule has 0 saturated heterocycles. The van der Waals surface area contributed by atoms with Crippen molar-refractivity contribution >= 4 is 44.7 Å². The van der Waals surface area contributed by atoms with Crippen molar-refractivity contribution in [3.8, 4) is 0 Å². The predicted molar refractivity (Wildman–Crippen MR) is 63.8 cm³/mol. The van der Waals surface area contributed by atoms with Crippen molar-refractivity contribution < 1.29 is 9.21 Å². The van der Waals surface area contributed by atoms with Gasteiger partial charge in [-0.3, -0.25) is 4.79 Å². The Hall–Kier alpha value is -0.580. The number of ketones is 1. The Morgan fingerprint density at radius 2 is 2.33 bits per heavy atom. The maximum atomic E-state index is 11.7. The third kappa shape index (κ3) is 2.71. The van der Waals surface area contributed by atoms with Gasteiger partial charge in [-0.05, 0) is 39.7 Å². The van der Waals surface area contributed by atoms with Crippen LogP contribution in [0.3, 0.4) is 0 Å². The summed E-state index contributed by atoms with van der Waals surface area (Å²) < 4.78 is 6.31. The Balaban J connectivity index is 2.10. The minimum atomic E-state index is 0.0557. The summed E-state index contributed by atoms with van der Waals surface area (Å²) in [6.07, 6.45) is 1.91. The number of thiophene rings is 1. The van der Waals surface area contributed by atoms with Crippen LogP contribution in [0, 0.1) is 0 Å². The van der Waals surface area contributed by atoms with E-state index >= 15 is 0 Å². The van der Waals surface area contributed by atoms with E-state index in [1.165, 1.54) is 11.3 Å². The van der Waals surface area contributed by atoms with Crippen molar-refractivity contribution in [1.82, 2.24) is 0 Å². The minimum absolute atomic E-state index is 0.0557. The molecule has 15 heavy (non-hydrogen) atoms. The largest absolute Gasteiger partial charge is 0.457 e. The molecule has 0 aromatic carbocycles. The maximum Gasteiger partial charge on any atom is 0.177 e. The van der Waals surface area contributed by atoms with Gasteiger partial charge in [-0.15, -0.1) is 11.3 Å². The molecule has 5 heteroatoms. The lowest BCUT2D eigenvalue weighted by Gasteiger charge is -1.92. The molecule has 0 atom stereocenters. The van der Waals surface area contributed by atoms with Gasteiger partial charge in [-0.1, -0.05) is 11.6 Å². The van der Waals surface area contributed by atoms with Crippen LogP contribution in [0.2, 0.25) is 4.34 Å². The molecule has 0 spiro atoms. The predicted octanol–water partition coefficient (Wildman–Crippen LogP) is 4.18. The monoisotopic (exact) mass is 304 g/mol. The van der Waals surface area contributed by atoms with Crippen molar-refractivity contribution in [2.75, 3.05) is 0 Å². The number of carbonyl (C=O) groups is 1. The Bertz CT molecular complexity index is 489. The van der Waals surface area contributed by atoms with Gasteiger partial charge < -0.3 is 4.42 Å². The zero-order valence-electron chi connectivity index (χ0n) is 7.50. The van der Waals surface area contributed by atoms with E-state index in [4.69, 9.17) is 16.0 Å². The standard InChI is InChI=1S/C10H6BrClO2S/c11-9-4-6(5-14-9)3-7(13)8-1-2-10(12)15-8/h1-2,4-5H,3H2. The Morgan fingerprint density at radius 3 is 2.87 bits per heavy atom. The molecule has 0 N–H and O–H groups in total. The Kier molecular flexibility index (Phi) is 3.29. The lowest BCUT2D eigenvalue weighted by molar-refractivity contribution is 0.0996. The summed E-state index contributed by atoms with van der Waals surface area (Å²) in [6.45, 7) is 0. The summed E-state index contributed by atoms with van der Waals surface area (Å²) in [6, 6.07) is 5.25. The maximum absolute atomic E-state index is 11.7. The van der Waals surface area contributed by atoms with E-state index in [1.807, 2.05) is 0 Å². The van der Waals surface area contributed by atoms with Gasteiger partial charge in [0.05, 0.1) is 15.5 Å². The number of hydrogen-bond acceptors (Lipinski definition) is 3. The van der Waals surface area contributed by atoms with Crippen LogP contribution in [-0.2, 0) is 6.42 Å². The summed E-state index contributed by atoms with van der Waals surface area (Å²) in [4.78, 5) is 12.4. The van der Waals surface area contributed by atoms with Crippen molar-refractivity contribution in [2.45, 2.75) is 6.42 Å². The smallest absolute Gasteiger partial charge is 0.177 e. The van der Waals surface area contributed by atoms with Gasteiger partial charge in [-0.25, -0.2) is 0 Å². The molecule has 0 unspecified atom stereocenters. The fraction of sp³-hybridized carbons (Fsp3) is 0.100. The second kappa shape index (κ2) is 4.51. The topological polar surface area (TPSA) is 30.2 Å². The Morgan fingerprint density at radius 1 is 1.53 bits per heavy atom. The molecule has 2 aromatic heterocycles. The molecule has 2 rings (SSSR count). The van der Waals surface area contributed by atoms with Crippen LogP contribution in [-0.4, -0.2) is 5.78 Å². The van der Waals surface area contributed by atoms with Crippen LogP contribution in [0.15, 0.2) is 33.5 Å². The van der Waals surface area contributed by atoms with E-state index in [0.29, 0.717) is 20.3 Å². The summed E-state index contributed by atoms with van der Waals surface area (Å²) in [5, 5.41) is 0. The molecule has 0 amide bonds. The third-order valence-corrected chi connectivity index (χ3v) is 3.52. The van der Waals surface area contributed by atoms with Crippen LogP contribution in [0.1, 0.15) is 15.2 Å². The van der Waals surface area contributed by atoms with E-state index in [0.717, 1.165) is 5.56 Å². The molecule has 0 aliphatic rings. The second-order valence-corrected chi connectivity index (χ2v) is 5.46. The van der Waals surface area contributed by atoms with Crippen LogP contribution < -0.4 is 0 Å². The molecule has 0 saturated carbocycles. The molecular weight excluding hydrogens is 300 g/mol. The minimum Gasteiger partial charge on any atom is -0.457 e. The first kappa shape index (κ1) is 10.9. The van der Waals surface area contributed by atoms with E-state index in [-0.39, 0.29) is 5.78 Å². The molecule has 0 aliphatic heterocycles. The fourth-order valence-electron chi connectivity index (χ4n) is 1.18. The summed E-state index contributed by atoms with van der Waals surface area (Å²) in [5.74, 6) is 0.0557. The third-order valence-electron chi connectivity index (χ3n) is 1.83. The average molecular weight is 306 g/mol. The second-order valence-electron chi connectivity index (χ2n) is 2.96. The van der Waals surface area contributed by atoms with Crippen molar-refractivity contribution in [3.05, 3.63) is 43.9 Å². The average Bonchev–Trinajstić information content (AvgIpc) is 2.75. The zero-order valence-corrected chi connectivity index (χ0v) is 10.7. The van der Waals surface area contributed by atoms with E-state index in [2.05, 4.69) is 15.9 Å². The number of rotatable bonds is 3. The van der Waals surface area contributed by atoms with Crippen LogP contribution >= 0.6 is 38.9 Å². The van der Waals surface area contributed by atoms with E-state index in [1.54, 1.807) is 24.5 Å². The molecular formula is C10H6BrClO2S. The van der Waals surface area contributed by atoms with Gasteiger partial charge in [0, 0.05) is 6.42 Å². The molecule has 78 valence electrons. The molecule has 2 aromatic rings. The Labute approximate surface area is 104 Å². The summed E-state index contributed by atoms with van der Waals surface area (Å²) >= 11 is 10.2. The highest BCUT2D eigenvalue weighted by Crippen LogP contribution is 2.23. The molecule has 0 aliphatic carbocycles. The number of halogens is 2. The fourth-order valence-corrected chi connectivity index (χ4v) is 2.54. The zero-order chi connectivity index (χ0) is 10.8. The lowest BCUT2D eigenvalue weighted by atomic mass is 10.1. The number of furan rings is 1. The van der Waals surface area contributed by atoms with Gasteiger partial charge in [-0.2, -0.15) is 0 Å². The normalized spacial score (nSPS) is 10.5. The number of hydrogen-bond donors (Lipinski definition) is 0. The van der Waals surface area contributed by atoms with Crippen molar-refractivity contribution in [3.63, 3.8) is 0 Å². The van der Waals surface area contributed by atoms with Gasteiger partial charge in [0.1, 0.15) is 0 Å². The van der Waals surface area contributed by atoms with E-state index < -0.39 is 0 Å². The lowest BCUT2D eigenvalue weighted by Crippen LogP contribution is -1.99. The first-order valence-electron chi connectivity index (χ1n) is 4.16. The molecule has 0 radical (unpaired) electrons. The summed E-state index contributed by atoms with van der Waals surface area (Å²) in [7, 11) is 0. The SMILES string of the molecule is O=C(Cc1coc(Br)c1)c1ccc(Cl)s1. The van der Waals surface area contributed by atoms with Gasteiger partial charge in [0.2, 0.25) is 0 Å². The molecule has 0 fully saturated rings. The molecule has 2 nitrogen and oxygen atoms in total. The summed E-state index contributed by atoms with van der Waals surface area (Å²) in [5.41, 5.74) is 0.858. The number of Topliss-reactive ketones (excluding diaryl/α,β-unsaturated/α-hetero) is 1. The van der Waals surface area contributed by atoms with Gasteiger partial charge >= 0.3 is 0 Å². The first-order valence-corrected chi connectivity index (χ1v) is 6.15. The quantitative estimate of drug-likeness (QED) is 0.796. The van der Waals surface area contributed by atoms with Crippen LogP contribution in [0.4, 0.5) is 0 Å². The highest BCUT2D eigenvalue weighted by molar-refractivity contribution is 9.10. The molecule has 2 heterocycles. The number of carbonyl (C=O) groups excluding carboxylic acids is 1. The van der Waals surface area contributed by atoms with Crippen LogP contribution in [0.25, 0.3) is 0 Å². The molecule has 0 bridgehead atoms. The van der Waals surface area contributed by atoms with Gasteiger partial charge in [0.25, 0.3) is 0 Å². The highest BCUT2D eigenvalue weighted by Gasteiger charge is 2.11.